The minimum Gasteiger partial charge on any atom is -0.465 e. The third-order valence-corrected chi connectivity index (χ3v) is 1.93. The highest BCUT2D eigenvalue weighted by atomic mass is 16.4. The maximum absolute atomic E-state index is 10.2. The van der Waals surface area contributed by atoms with Crippen molar-refractivity contribution >= 4 is 6.09 Å². The second kappa shape index (κ2) is 4.50. The Morgan fingerprint density at radius 3 is 2.62 bits per heavy atom. The van der Waals surface area contributed by atoms with Crippen LogP contribution in [0.3, 0.4) is 0 Å². The molecule has 1 rings (SSSR count). The van der Waals surface area contributed by atoms with Crippen molar-refractivity contribution in [1.82, 2.24) is 5.32 Å². The molecule has 0 fully saturated rings. The highest BCUT2D eigenvalue weighted by molar-refractivity contribution is 5.64. The van der Waals surface area contributed by atoms with E-state index < -0.39 is 6.09 Å². The van der Waals surface area contributed by atoms with Crippen molar-refractivity contribution in [3.05, 3.63) is 35.9 Å². The molecule has 0 spiro atoms. The number of nitrogens with one attached hydrogen (secondary N) is 1. The smallest absolute Gasteiger partial charge is 0.404 e. The van der Waals surface area contributed by atoms with E-state index in [1.165, 1.54) is 0 Å². The maximum atomic E-state index is 10.2. The third kappa shape index (κ3) is 3.15. The number of carbonyl (C=O) groups is 1. The zero-order valence-electron chi connectivity index (χ0n) is 7.53. The third-order valence-electron chi connectivity index (χ3n) is 1.93. The van der Waals surface area contributed by atoms with E-state index in [9.17, 15) is 4.79 Å². The van der Waals surface area contributed by atoms with Gasteiger partial charge in [0.1, 0.15) is 0 Å². The lowest BCUT2D eigenvalue weighted by Gasteiger charge is -2.10. The van der Waals surface area contributed by atoms with Gasteiger partial charge in [0.25, 0.3) is 0 Å². The van der Waals surface area contributed by atoms with E-state index in [1.807, 2.05) is 37.3 Å². The topological polar surface area (TPSA) is 49.3 Å². The number of hydrogen-bond donors (Lipinski definition) is 2. The van der Waals surface area contributed by atoms with E-state index in [-0.39, 0.29) is 5.92 Å². The molecule has 0 bridgehead atoms. The number of benzene rings is 1. The molecule has 1 aromatic rings. The number of amides is 1. The van der Waals surface area contributed by atoms with Crippen LogP contribution in [0.15, 0.2) is 30.3 Å². The molecular formula is C10H13NO2. The lowest BCUT2D eigenvalue weighted by molar-refractivity contribution is 0.194. The molecule has 0 aliphatic rings. The van der Waals surface area contributed by atoms with Gasteiger partial charge in [0.2, 0.25) is 0 Å². The number of hydrogen-bond acceptors (Lipinski definition) is 1. The molecule has 70 valence electrons. The first kappa shape index (κ1) is 9.58. The second-order valence-corrected chi connectivity index (χ2v) is 3.00. The molecular weight excluding hydrogens is 166 g/mol. The molecule has 0 aromatic heterocycles. The molecule has 3 heteroatoms. The number of carboxylic acid groups (broad SMARTS) is 1. The molecule has 1 amide bonds. The molecule has 1 atom stereocenters. The van der Waals surface area contributed by atoms with Crippen molar-refractivity contribution in [2.75, 3.05) is 6.54 Å². The van der Waals surface area contributed by atoms with Crippen molar-refractivity contribution in [3.8, 4) is 0 Å². The van der Waals surface area contributed by atoms with Gasteiger partial charge in [0.15, 0.2) is 0 Å². The van der Waals surface area contributed by atoms with Crippen molar-refractivity contribution in [3.63, 3.8) is 0 Å². The van der Waals surface area contributed by atoms with E-state index in [1.54, 1.807) is 0 Å². The predicted octanol–water partition coefficient (Wildman–Crippen LogP) is 2.06. The Bertz CT molecular complexity index is 272. The van der Waals surface area contributed by atoms with Gasteiger partial charge in [-0.1, -0.05) is 37.3 Å². The molecule has 13 heavy (non-hydrogen) atoms. The summed E-state index contributed by atoms with van der Waals surface area (Å²) in [5.41, 5.74) is 1.15. The van der Waals surface area contributed by atoms with Crippen LogP contribution in [0.1, 0.15) is 18.4 Å². The molecule has 1 unspecified atom stereocenters. The van der Waals surface area contributed by atoms with Crippen molar-refractivity contribution in [2.45, 2.75) is 12.8 Å². The summed E-state index contributed by atoms with van der Waals surface area (Å²) in [5.74, 6) is 0.220. The lowest BCUT2D eigenvalue weighted by atomic mass is 10.0. The average Bonchev–Trinajstić information content (AvgIpc) is 2.15. The summed E-state index contributed by atoms with van der Waals surface area (Å²) in [6.45, 7) is 2.45. The van der Waals surface area contributed by atoms with Gasteiger partial charge >= 0.3 is 6.09 Å². The molecule has 1 aromatic carbocycles. The zero-order chi connectivity index (χ0) is 9.68. The van der Waals surface area contributed by atoms with Gasteiger partial charge in [-0.05, 0) is 11.5 Å². The van der Waals surface area contributed by atoms with Crippen LogP contribution in [-0.2, 0) is 0 Å². The largest absolute Gasteiger partial charge is 0.465 e. The van der Waals surface area contributed by atoms with Crippen molar-refractivity contribution < 1.29 is 9.90 Å². The zero-order valence-corrected chi connectivity index (χ0v) is 7.53. The van der Waals surface area contributed by atoms with Gasteiger partial charge in [-0.2, -0.15) is 0 Å². The fourth-order valence-corrected chi connectivity index (χ4v) is 1.14. The van der Waals surface area contributed by atoms with E-state index in [4.69, 9.17) is 5.11 Å². The molecule has 0 heterocycles. The minimum absolute atomic E-state index is 0.220. The average molecular weight is 179 g/mol. The van der Waals surface area contributed by atoms with Crippen LogP contribution in [0, 0.1) is 0 Å². The van der Waals surface area contributed by atoms with Crippen LogP contribution >= 0.6 is 0 Å². The summed E-state index contributed by atoms with van der Waals surface area (Å²) in [6, 6.07) is 9.84. The maximum Gasteiger partial charge on any atom is 0.404 e. The van der Waals surface area contributed by atoms with Crippen LogP contribution < -0.4 is 5.32 Å². The van der Waals surface area contributed by atoms with Crippen molar-refractivity contribution in [1.29, 1.82) is 0 Å². The standard InChI is InChI=1S/C10H13NO2/c1-8(7-11-10(12)13)9-5-3-2-4-6-9/h2-6,8,11H,7H2,1H3,(H,12,13). The fourth-order valence-electron chi connectivity index (χ4n) is 1.14. The van der Waals surface area contributed by atoms with E-state index >= 15 is 0 Å². The summed E-state index contributed by atoms with van der Waals surface area (Å²) >= 11 is 0. The Morgan fingerprint density at radius 1 is 1.46 bits per heavy atom. The Hall–Kier alpha value is -1.51. The van der Waals surface area contributed by atoms with Crippen LogP contribution in [0.25, 0.3) is 0 Å². The first-order chi connectivity index (χ1) is 6.20. The van der Waals surface area contributed by atoms with E-state index in [0.717, 1.165) is 5.56 Å². The normalized spacial score (nSPS) is 12.1. The highest BCUT2D eigenvalue weighted by Gasteiger charge is 2.05. The molecule has 3 nitrogen and oxygen atoms in total. The van der Waals surface area contributed by atoms with Crippen LogP contribution in [-0.4, -0.2) is 17.7 Å². The quantitative estimate of drug-likeness (QED) is 0.746. The fraction of sp³-hybridized carbons (Fsp3) is 0.300. The summed E-state index contributed by atoms with van der Waals surface area (Å²) < 4.78 is 0. The lowest BCUT2D eigenvalue weighted by Crippen LogP contribution is -2.25. The Morgan fingerprint density at radius 2 is 2.08 bits per heavy atom. The summed E-state index contributed by atoms with van der Waals surface area (Å²) in [7, 11) is 0. The van der Waals surface area contributed by atoms with Crippen LogP contribution in [0.2, 0.25) is 0 Å². The Labute approximate surface area is 77.4 Å². The molecule has 0 radical (unpaired) electrons. The van der Waals surface area contributed by atoms with Crippen molar-refractivity contribution in [2.24, 2.45) is 0 Å². The first-order valence-electron chi connectivity index (χ1n) is 4.22. The highest BCUT2D eigenvalue weighted by Crippen LogP contribution is 2.12. The van der Waals surface area contributed by atoms with Gasteiger partial charge < -0.3 is 10.4 Å². The molecule has 2 N–H and O–H groups in total. The minimum atomic E-state index is -0.970. The van der Waals surface area contributed by atoms with Gasteiger partial charge in [-0.25, -0.2) is 4.79 Å². The van der Waals surface area contributed by atoms with E-state index in [0.29, 0.717) is 6.54 Å². The second-order valence-electron chi connectivity index (χ2n) is 3.00. The first-order valence-corrected chi connectivity index (χ1v) is 4.22. The predicted molar refractivity (Wildman–Crippen MR) is 50.9 cm³/mol. The van der Waals surface area contributed by atoms with Gasteiger partial charge in [0.05, 0.1) is 0 Å². The van der Waals surface area contributed by atoms with Gasteiger partial charge in [-0.15, -0.1) is 0 Å². The van der Waals surface area contributed by atoms with Gasteiger partial charge in [-0.3, -0.25) is 0 Å². The summed E-state index contributed by atoms with van der Waals surface area (Å²) in [4.78, 5) is 10.2. The monoisotopic (exact) mass is 179 g/mol. The van der Waals surface area contributed by atoms with E-state index in [2.05, 4.69) is 5.32 Å². The molecule has 0 saturated heterocycles. The summed E-state index contributed by atoms with van der Waals surface area (Å²) in [6.07, 6.45) is -0.970. The Balaban J connectivity index is 2.49. The molecule has 0 aliphatic carbocycles. The van der Waals surface area contributed by atoms with Crippen LogP contribution in [0.5, 0.6) is 0 Å². The summed E-state index contributed by atoms with van der Waals surface area (Å²) in [5, 5.41) is 10.8. The number of rotatable bonds is 3. The Kier molecular flexibility index (Phi) is 3.31. The van der Waals surface area contributed by atoms with Gasteiger partial charge in [0, 0.05) is 6.54 Å². The SMILES string of the molecule is CC(CNC(=O)O)c1ccccc1. The molecule has 0 saturated carbocycles. The molecule has 0 aliphatic heterocycles. The van der Waals surface area contributed by atoms with Crippen LogP contribution in [0.4, 0.5) is 4.79 Å².